The fourth-order valence-corrected chi connectivity index (χ4v) is 0.995. The summed E-state index contributed by atoms with van der Waals surface area (Å²) in [5.74, 6) is 0.153. The van der Waals surface area contributed by atoms with Crippen LogP contribution < -0.4 is 0 Å². The SMILES string of the molecule is CCCCC(OCC)C(C)=O. The van der Waals surface area contributed by atoms with Gasteiger partial charge in [0.1, 0.15) is 6.10 Å². The molecule has 0 aromatic heterocycles. The molecule has 66 valence electrons. The van der Waals surface area contributed by atoms with Gasteiger partial charge in [-0.05, 0) is 20.3 Å². The Hall–Kier alpha value is -0.370. The summed E-state index contributed by atoms with van der Waals surface area (Å²) in [5.41, 5.74) is 0. The Labute approximate surface area is 68.9 Å². The molecule has 2 nitrogen and oxygen atoms in total. The first-order valence-electron chi connectivity index (χ1n) is 4.34. The van der Waals surface area contributed by atoms with Gasteiger partial charge < -0.3 is 4.74 Å². The highest BCUT2D eigenvalue weighted by atomic mass is 16.5. The van der Waals surface area contributed by atoms with E-state index in [9.17, 15) is 4.79 Å². The molecule has 0 aromatic rings. The molecule has 0 saturated carbocycles. The van der Waals surface area contributed by atoms with Gasteiger partial charge in [0.2, 0.25) is 0 Å². The zero-order valence-electron chi connectivity index (χ0n) is 7.72. The summed E-state index contributed by atoms with van der Waals surface area (Å²) >= 11 is 0. The number of hydrogen-bond acceptors (Lipinski definition) is 2. The molecule has 0 bridgehead atoms. The van der Waals surface area contributed by atoms with Crippen LogP contribution in [-0.2, 0) is 9.53 Å². The summed E-state index contributed by atoms with van der Waals surface area (Å²) in [6.07, 6.45) is 2.92. The van der Waals surface area contributed by atoms with E-state index >= 15 is 0 Å². The van der Waals surface area contributed by atoms with E-state index in [-0.39, 0.29) is 11.9 Å². The second-order valence-corrected chi connectivity index (χ2v) is 2.70. The molecule has 0 spiro atoms. The summed E-state index contributed by atoms with van der Waals surface area (Å²) < 4.78 is 5.26. The molecule has 0 aliphatic rings. The highest BCUT2D eigenvalue weighted by molar-refractivity contribution is 5.80. The Kier molecular flexibility index (Phi) is 6.13. The summed E-state index contributed by atoms with van der Waals surface area (Å²) in [4.78, 5) is 10.9. The van der Waals surface area contributed by atoms with E-state index in [1.807, 2.05) is 6.92 Å². The van der Waals surface area contributed by atoms with E-state index in [0.717, 1.165) is 19.3 Å². The number of ketones is 1. The first-order valence-corrected chi connectivity index (χ1v) is 4.34. The largest absolute Gasteiger partial charge is 0.371 e. The average molecular weight is 158 g/mol. The van der Waals surface area contributed by atoms with Crippen LogP contribution in [0.5, 0.6) is 0 Å². The molecule has 0 N–H and O–H groups in total. The summed E-state index contributed by atoms with van der Waals surface area (Å²) in [5, 5.41) is 0. The van der Waals surface area contributed by atoms with Crippen LogP contribution in [0.25, 0.3) is 0 Å². The van der Waals surface area contributed by atoms with Crippen molar-refractivity contribution in [2.45, 2.75) is 46.1 Å². The van der Waals surface area contributed by atoms with Gasteiger partial charge in [-0.3, -0.25) is 4.79 Å². The molecule has 1 atom stereocenters. The Bertz CT molecular complexity index is 110. The van der Waals surface area contributed by atoms with Gasteiger partial charge in [0, 0.05) is 6.61 Å². The molecule has 0 aliphatic carbocycles. The van der Waals surface area contributed by atoms with Crippen LogP contribution in [0.15, 0.2) is 0 Å². The van der Waals surface area contributed by atoms with E-state index in [1.165, 1.54) is 0 Å². The number of unbranched alkanes of at least 4 members (excludes halogenated alkanes) is 1. The van der Waals surface area contributed by atoms with Crippen molar-refractivity contribution in [3.05, 3.63) is 0 Å². The third-order valence-corrected chi connectivity index (χ3v) is 1.64. The van der Waals surface area contributed by atoms with Crippen molar-refractivity contribution in [2.24, 2.45) is 0 Å². The zero-order chi connectivity index (χ0) is 8.69. The first kappa shape index (κ1) is 10.6. The summed E-state index contributed by atoms with van der Waals surface area (Å²) in [7, 11) is 0. The first-order chi connectivity index (χ1) is 5.22. The lowest BCUT2D eigenvalue weighted by Gasteiger charge is -2.12. The molecule has 0 heterocycles. The third-order valence-electron chi connectivity index (χ3n) is 1.64. The minimum absolute atomic E-state index is 0.153. The number of ether oxygens (including phenoxy) is 1. The highest BCUT2D eigenvalue weighted by Gasteiger charge is 2.12. The van der Waals surface area contributed by atoms with Gasteiger partial charge in [0.25, 0.3) is 0 Å². The van der Waals surface area contributed by atoms with Crippen LogP contribution in [0.1, 0.15) is 40.0 Å². The maximum Gasteiger partial charge on any atom is 0.158 e. The second kappa shape index (κ2) is 6.35. The molecule has 1 unspecified atom stereocenters. The Morgan fingerprint density at radius 1 is 1.45 bits per heavy atom. The number of hydrogen-bond donors (Lipinski definition) is 0. The molecule has 0 aromatic carbocycles. The van der Waals surface area contributed by atoms with Crippen LogP contribution in [-0.4, -0.2) is 18.5 Å². The highest BCUT2D eigenvalue weighted by Crippen LogP contribution is 2.05. The van der Waals surface area contributed by atoms with Crippen LogP contribution >= 0.6 is 0 Å². The minimum atomic E-state index is -0.153. The Morgan fingerprint density at radius 2 is 2.09 bits per heavy atom. The topological polar surface area (TPSA) is 26.3 Å². The predicted molar refractivity (Wildman–Crippen MR) is 45.6 cm³/mol. The molecule has 2 heteroatoms. The molecular formula is C9H18O2. The van der Waals surface area contributed by atoms with Gasteiger partial charge in [-0.2, -0.15) is 0 Å². The van der Waals surface area contributed by atoms with Crippen molar-refractivity contribution in [3.63, 3.8) is 0 Å². The number of carbonyl (C=O) groups is 1. The quantitative estimate of drug-likeness (QED) is 0.592. The van der Waals surface area contributed by atoms with E-state index in [2.05, 4.69) is 6.92 Å². The lowest BCUT2D eigenvalue weighted by molar-refractivity contribution is -0.128. The zero-order valence-corrected chi connectivity index (χ0v) is 7.72. The predicted octanol–water partition coefficient (Wildman–Crippen LogP) is 2.17. The van der Waals surface area contributed by atoms with Crippen molar-refractivity contribution in [1.29, 1.82) is 0 Å². The van der Waals surface area contributed by atoms with E-state index in [4.69, 9.17) is 4.74 Å². The summed E-state index contributed by atoms with van der Waals surface area (Å²) in [6.45, 7) is 6.26. The molecule has 0 amide bonds. The number of Topliss-reactive ketones (excluding diaryl/α,β-unsaturated/α-hetero) is 1. The minimum Gasteiger partial charge on any atom is -0.371 e. The fourth-order valence-electron chi connectivity index (χ4n) is 0.995. The van der Waals surface area contributed by atoms with Crippen molar-refractivity contribution in [3.8, 4) is 0 Å². The molecule has 0 radical (unpaired) electrons. The van der Waals surface area contributed by atoms with E-state index < -0.39 is 0 Å². The van der Waals surface area contributed by atoms with Gasteiger partial charge in [0.15, 0.2) is 5.78 Å². The maximum absolute atomic E-state index is 10.9. The standard InChI is InChI=1S/C9H18O2/c1-4-6-7-9(8(3)10)11-5-2/h9H,4-7H2,1-3H3. The second-order valence-electron chi connectivity index (χ2n) is 2.70. The monoisotopic (exact) mass is 158 g/mol. The lowest BCUT2D eigenvalue weighted by Crippen LogP contribution is -2.21. The lowest BCUT2D eigenvalue weighted by atomic mass is 10.1. The number of rotatable bonds is 6. The van der Waals surface area contributed by atoms with E-state index in [1.54, 1.807) is 6.92 Å². The normalized spacial score (nSPS) is 13.0. The molecule has 0 fully saturated rings. The van der Waals surface area contributed by atoms with Crippen LogP contribution in [0.2, 0.25) is 0 Å². The van der Waals surface area contributed by atoms with E-state index in [0.29, 0.717) is 6.61 Å². The van der Waals surface area contributed by atoms with Gasteiger partial charge in [-0.1, -0.05) is 19.8 Å². The van der Waals surface area contributed by atoms with Gasteiger partial charge in [0.05, 0.1) is 0 Å². The fraction of sp³-hybridized carbons (Fsp3) is 0.889. The molecule has 0 saturated heterocycles. The molecule has 0 aliphatic heterocycles. The summed E-state index contributed by atoms with van der Waals surface area (Å²) in [6, 6.07) is 0. The van der Waals surface area contributed by atoms with Gasteiger partial charge >= 0.3 is 0 Å². The van der Waals surface area contributed by atoms with Gasteiger partial charge in [-0.25, -0.2) is 0 Å². The maximum atomic E-state index is 10.9. The number of carbonyl (C=O) groups excluding carboxylic acids is 1. The average Bonchev–Trinajstić information content (AvgIpc) is 1.97. The molecular weight excluding hydrogens is 140 g/mol. The van der Waals surface area contributed by atoms with Crippen molar-refractivity contribution in [2.75, 3.05) is 6.61 Å². The van der Waals surface area contributed by atoms with Crippen LogP contribution in [0, 0.1) is 0 Å². The molecule has 0 rings (SSSR count). The van der Waals surface area contributed by atoms with Crippen molar-refractivity contribution >= 4 is 5.78 Å². The van der Waals surface area contributed by atoms with Gasteiger partial charge in [-0.15, -0.1) is 0 Å². The van der Waals surface area contributed by atoms with Crippen LogP contribution in [0.3, 0.4) is 0 Å². The van der Waals surface area contributed by atoms with Crippen molar-refractivity contribution in [1.82, 2.24) is 0 Å². The smallest absolute Gasteiger partial charge is 0.158 e. The third kappa shape index (κ3) is 4.96. The van der Waals surface area contributed by atoms with Crippen molar-refractivity contribution < 1.29 is 9.53 Å². The molecule has 11 heavy (non-hydrogen) atoms. The Morgan fingerprint density at radius 3 is 2.45 bits per heavy atom. The van der Waals surface area contributed by atoms with Crippen LogP contribution in [0.4, 0.5) is 0 Å². The Balaban J connectivity index is 3.60.